The first kappa shape index (κ1) is 14.3. The lowest BCUT2D eigenvalue weighted by atomic mass is 10.0. The van der Waals surface area contributed by atoms with Crippen LogP contribution >= 0.6 is 0 Å². The summed E-state index contributed by atoms with van der Waals surface area (Å²) in [5.41, 5.74) is 3.50. The van der Waals surface area contributed by atoms with Gasteiger partial charge in [-0.3, -0.25) is 0 Å². The average molecular weight is 270 g/mol. The molecule has 106 valence electrons. The van der Waals surface area contributed by atoms with E-state index < -0.39 is 0 Å². The maximum atomic E-state index is 4.42. The van der Waals surface area contributed by atoms with E-state index >= 15 is 0 Å². The minimum absolute atomic E-state index is 0.343. The molecule has 1 aromatic carbocycles. The smallest absolute Gasteiger partial charge is 0.139 e. The molecular formula is C16H22N4. The Morgan fingerprint density at radius 2 is 1.80 bits per heavy atom. The minimum Gasteiger partial charge on any atom is -0.373 e. The van der Waals surface area contributed by atoms with E-state index in [0.717, 1.165) is 29.3 Å². The summed E-state index contributed by atoms with van der Waals surface area (Å²) in [6, 6.07) is 8.32. The normalized spacial score (nSPS) is 10.7. The van der Waals surface area contributed by atoms with Gasteiger partial charge in [0, 0.05) is 18.3 Å². The fraction of sp³-hybridized carbons (Fsp3) is 0.375. The summed E-state index contributed by atoms with van der Waals surface area (Å²) in [4.78, 5) is 8.72. The summed E-state index contributed by atoms with van der Waals surface area (Å²) in [6.07, 6.45) is 2.58. The second-order valence-corrected chi connectivity index (χ2v) is 5.02. The van der Waals surface area contributed by atoms with Crippen LogP contribution in [0.2, 0.25) is 0 Å². The van der Waals surface area contributed by atoms with Crippen LogP contribution < -0.4 is 10.6 Å². The Morgan fingerprint density at radius 3 is 2.45 bits per heavy atom. The van der Waals surface area contributed by atoms with Crippen molar-refractivity contribution in [1.29, 1.82) is 0 Å². The molecule has 2 aromatic rings. The van der Waals surface area contributed by atoms with Crippen molar-refractivity contribution >= 4 is 17.3 Å². The number of aryl methyl sites for hydroxylation is 1. The molecule has 1 aromatic heterocycles. The zero-order valence-electron chi connectivity index (χ0n) is 12.6. The fourth-order valence-electron chi connectivity index (χ4n) is 2.32. The van der Waals surface area contributed by atoms with Gasteiger partial charge in [-0.2, -0.15) is 0 Å². The molecule has 2 rings (SSSR count). The van der Waals surface area contributed by atoms with Crippen LogP contribution in [0.3, 0.4) is 0 Å². The van der Waals surface area contributed by atoms with Crippen molar-refractivity contribution in [3.05, 3.63) is 41.7 Å². The van der Waals surface area contributed by atoms with E-state index in [1.165, 1.54) is 5.56 Å². The van der Waals surface area contributed by atoms with Crippen LogP contribution in [0.4, 0.5) is 17.3 Å². The maximum Gasteiger partial charge on any atom is 0.139 e. The van der Waals surface area contributed by atoms with Gasteiger partial charge < -0.3 is 10.6 Å². The van der Waals surface area contributed by atoms with Crippen LogP contribution in [0.15, 0.2) is 30.6 Å². The summed E-state index contributed by atoms with van der Waals surface area (Å²) in [5, 5.41) is 6.60. The maximum absolute atomic E-state index is 4.42. The molecule has 20 heavy (non-hydrogen) atoms. The third-order valence-corrected chi connectivity index (χ3v) is 3.35. The highest BCUT2D eigenvalue weighted by atomic mass is 15.1. The topological polar surface area (TPSA) is 49.8 Å². The Balaban J connectivity index is 2.43. The monoisotopic (exact) mass is 270 g/mol. The van der Waals surface area contributed by atoms with Crippen LogP contribution in [0.25, 0.3) is 0 Å². The number of aromatic nitrogens is 2. The Morgan fingerprint density at radius 1 is 1.10 bits per heavy atom. The van der Waals surface area contributed by atoms with Crippen molar-refractivity contribution in [2.24, 2.45) is 0 Å². The fourth-order valence-corrected chi connectivity index (χ4v) is 2.32. The molecule has 0 bridgehead atoms. The van der Waals surface area contributed by atoms with E-state index in [1.54, 1.807) is 6.33 Å². The number of rotatable bonds is 5. The number of anilines is 3. The van der Waals surface area contributed by atoms with E-state index in [4.69, 9.17) is 0 Å². The summed E-state index contributed by atoms with van der Waals surface area (Å²) >= 11 is 0. The van der Waals surface area contributed by atoms with Crippen molar-refractivity contribution in [2.45, 2.75) is 33.1 Å². The van der Waals surface area contributed by atoms with E-state index in [9.17, 15) is 0 Å². The van der Waals surface area contributed by atoms with Gasteiger partial charge in [0.25, 0.3) is 0 Å². The summed E-state index contributed by atoms with van der Waals surface area (Å²) in [7, 11) is 1.89. The quantitative estimate of drug-likeness (QED) is 0.863. The second kappa shape index (κ2) is 6.37. The third-order valence-electron chi connectivity index (χ3n) is 3.35. The Kier molecular flexibility index (Phi) is 4.56. The van der Waals surface area contributed by atoms with Gasteiger partial charge in [-0.05, 0) is 24.0 Å². The number of para-hydroxylation sites is 1. The van der Waals surface area contributed by atoms with Gasteiger partial charge >= 0.3 is 0 Å². The van der Waals surface area contributed by atoms with Crippen molar-refractivity contribution in [3.8, 4) is 0 Å². The first-order valence-corrected chi connectivity index (χ1v) is 7.04. The first-order chi connectivity index (χ1) is 9.67. The highest BCUT2D eigenvalue weighted by molar-refractivity contribution is 5.67. The predicted octanol–water partition coefficient (Wildman–Crippen LogP) is 3.95. The molecule has 2 N–H and O–H groups in total. The Hall–Kier alpha value is -2.10. The molecule has 0 radical (unpaired) electrons. The number of nitrogens with zero attached hydrogens (tertiary/aromatic N) is 2. The van der Waals surface area contributed by atoms with Crippen LogP contribution in [-0.4, -0.2) is 17.0 Å². The van der Waals surface area contributed by atoms with Crippen molar-refractivity contribution < 1.29 is 0 Å². The van der Waals surface area contributed by atoms with Crippen LogP contribution in [0.5, 0.6) is 0 Å². The molecule has 0 unspecified atom stereocenters. The molecular weight excluding hydrogens is 248 g/mol. The molecule has 0 saturated heterocycles. The zero-order valence-corrected chi connectivity index (χ0v) is 12.6. The zero-order chi connectivity index (χ0) is 14.5. The van der Waals surface area contributed by atoms with Gasteiger partial charge in [0.2, 0.25) is 0 Å². The molecule has 0 atom stereocenters. The molecule has 0 aliphatic carbocycles. The molecule has 1 heterocycles. The van der Waals surface area contributed by atoms with Crippen molar-refractivity contribution in [2.75, 3.05) is 17.7 Å². The van der Waals surface area contributed by atoms with Gasteiger partial charge in [0.15, 0.2) is 0 Å². The van der Waals surface area contributed by atoms with Gasteiger partial charge in [-0.15, -0.1) is 0 Å². The lowest BCUT2D eigenvalue weighted by Gasteiger charge is -2.18. The SMILES string of the molecule is CCc1ccccc1Nc1ncnc(NC)c1C(C)C. The van der Waals surface area contributed by atoms with Crippen molar-refractivity contribution in [1.82, 2.24) is 9.97 Å². The van der Waals surface area contributed by atoms with Gasteiger partial charge in [0.1, 0.15) is 18.0 Å². The molecule has 0 aliphatic rings. The molecule has 0 spiro atoms. The number of hydrogen-bond acceptors (Lipinski definition) is 4. The summed E-state index contributed by atoms with van der Waals surface area (Å²) in [6.45, 7) is 6.45. The highest BCUT2D eigenvalue weighted by Crippen LogP contribution is 2.31. The number of nitrogens with one attached hydrogen (secondary N) is 2. The first-order valence-electron chi connectivity index (χ1n) is 7.04. The van der Waals surface area contributed by atoms with Crippen LogP contribution in [0, 0.1) is 0 Å². The lowest BCUT2D eigenvalue weighted by molar-refractivity contribution is 0.852. The van der Waals surface area contributed by atoms with E-state index in [0.29, 0.717) is 5.92 Å². The van der Waals surface area contributed by atoms with Crippen LogP contribution in [-0.2, 0) is 6.42 Å². The van der Waals surface area contributed by atoms with Crippen LogP contribution in [0.1, 0.15) is 37.8 Å². The van der Waals surface area contributed by atoms with Gasteiger partial charge in [-0.25, -0.2) is 9.97 Å². The molecule has 0 amide bonds. The Labute approximate surface area is 120 Å². The molecule has 0 saturated carbocycles. The highest BCUT2D eigenvalue weighted by Gasteiger charge is 2.14. The lowest BCUT2D eigenvalue weighted by Crippen LogP contribution is -2.07. The summed E-state index contributed by atoms with van der Waals surface area (Å²) in [5.74, 6) is 2.10. The van der Waals surface area contributed by atoms with Gasteiger partial charge in [-0.1, -0.05) is 39.0 Å². The minimum atomic E-state index is 0.343. The Bertz CT molecular complexity index is 578. The predicted molar refractivity (Wildman–Crippen MR) is 84.8 cm³/mol. The number of hydrogen-bond donors (Lipinski definition) is 2. The molecule has 0 fully saturated rings. The standard InChI is InChI=1S/C16H22N4/c1-5-12-8-6-7-9-13(12)20-16-14(11(2)3)15(17-4)18-10-19-16/h6-11H,5H2,1-4H3,(H2,17,18,19,20). The largest absolute Gasteiger partial charge is 0.373 e. The van der Waals surface area contributed by atoms with Crippen molar-refractivity contribution in [3.63, 3.8) is 0 Å². The van der Waals surface area contributed by atoms with E-state index in [1.807, 2.05) is 13.1 Å². The molecule has 4 heteroatoms. The van der Waals surface area contributed by atoms with E-state index in [2.05, 4.69) is 59.6 Å². The van der Waals surface area contributed by atoms with Gasteiger partial charge in [0.05, 0.1) is 0 Å². The van der Waals surface area contributed by atoms with E-state index in [-0.39, 0.29) is 0 Å². The summed E-state index contributed by atoms with van der Waals surface area (Å²) < 4.78 is 0. The average Bonchev–Trinajstić information content (AvgIpc) is 2.47. The molecule has 4 nitrogen and oxygen atoms in total. The second-order valence-electron chi connectivity index (χ2n) is 5.02. The third kappa shape index (κ3) is 2.90. The molecule has 0 aliphatic heterocycles. The number of benzene rings is 1.